The molecule has 0 saturated carbocycles. The topological polar surface area (TPSA) is 75.5 Å². The Hall–Kier alpha value is -2.62. The smallest absolute Gasteiger partial charge is 0.233 e. The van der Waals surface area contributed by atoms with Crippen molar-refractivity contribution in [3.8, 4) is 11.3 Å². The molecule has 7 nitrogen and oxygen atoms in total. The van der Waals surface area contributed by atoms with E-state index >= 15 is 0 Å². The van der Waals surface area contributed by atoms with Gasteiger partial charge >= 0.3 is 0 Å². The lowest BCUT2D eigenvalue weighted by Crippen LogP contribution is -2.51. The van der Waals surface area contributed by atoms with Crippen LogP contribution in [0, 0.1) is 0 Å². The first kappa shape index (κ1) is 23.5. The zero-order valence-corrected chi connectivity index (χ0v) is 20.3. The van der Waals surface area contributed by atoms with Crippen molar-refractivity contribution in [1.29, 1.82) is 0 Å². The Morgan fingerprint density at radius 3 is 2.24 bits per heavy atom. The van der Waals surface area contributed by atoms with Crippen LogP contribution in [0.1, 0.15) is 12.5 Å². The molecular formula is C24H28N4O3S2. The first-order valence-electron chi connectivity index (χ1n) is 11.0. The van der Waals surface area contributed by atoms with E-state index in [9.17, 15) is 13.2 Å². The lowest BCUT2D eigenvalue weighted by molar-refractivity contribution is -0.129. The molecule has 1 aliphatic rings. The average molecular weight is 485 g/mol. The second-order valence-corrected chi connectivity index (χ2v) is 10.8. The van der Waals surface area contributed by atoms with Crippen molar-refractivity contribution in [3.63, 3.8) is 0 Å². The molecule has 33 heavy (non-hydrogen) atoms. The number of benzene rings is 2. The summed E-state index contributed by atoms with van der Waals surface area (Å²) >= 11 is 1.43. The van der Waals surface area contributed by atoms with Gasteiger partial charge in [0.05, 0.1) is 23.4 Å². The monoisotopic (exact) mass is 484 g/mol. The van der Waals surface area contributed by atoms with E-state index in [-0.39, 0.29) is 17.4 Å². The number of rotatable bonds is 8. The summed E-state index contributed by atoms with van der Waals surface area (Å²) in [5.41, 5.74) is 2.90. The van der Waals surface area contributed by atoms with E-state index in [1.807, 2.05) is 66.9 Å². The van der Waals surface area contributed by atoms with Gasteiger partial charge in [-0.1, -0.05) is 72.4 Å². The molecule has 0 radical (unpaired) electrons. The highest BCUT2D eigenvalue weighted by atomic mass is 32.2. The van der Waals surface area contributed by atoms with E-state index in [2.05, 4.69) is 16.5 Å². The van der Waals surface area contributed by atoms with Crippen LogP contribution in [0.25, 0.3) is 11.3 Å². The fourth-order valence-corrected chi connectivity index (χ4v) is 6.39. The summed E-state index contributed by atoms with van der Waals surface area (Å²) in [6, 6.07) is 19.3. The molecule has 1 fully saturated rings. The molecule has 1 aromatic heterocycles. The molecule has 0 bridgehead atoms. The normalized spacial score (nSPS) is 15.0. The molecule has 0 unspecified atom stereocenters. The number of thioether (sulfide) groups is 1. The number of imidazole rings is 1. The Labute approximate surface area is 199 Å². The third-order valence-corrected chi connectivity index (χ3v) is 8.53. The highest BCUT2D eigenvalue weighted by Gasteiger charge is 2.29. The second kappa shape index (κ2) is 10.5. The van der Waals surface area contributed by atoms with E-state index in [1.165, 1.54) is 16.1 Å². The second-order valence-electron chi connectivity index (χ2n) is 7.85. The molecule has 0 atom stereocenters. The van der Waals surface area contributed by atoms with Crippen molar-refractivity contribution in [1.82, 2.24) is 18.8 Å². The Morgan fingerprint density at radius 2 is 1.61 bits per heavy atom. The van der Waals surface area contributed by atoms with Crippen molar-refractivity contribution in [3.05, 3.63) is 72.4 Å². The SMILES string of the molecule is CCn1c(-c2ccccc2)cnc1SCC(=O)N1CCN(S(=O)(=O)Cc2ccccc2)CC1. The van der Waals surface area contributed by atoms with Crippen LogP contribution in [0.5, 0.6) is 0 Å². The fraction of sp³-hybridized carbons (Fsp3) is 0.333. The summed E-state index contributed by atoms with van der Waals surface area (Å²) < 4.78 is 29.1. The Bertz CT molecular complexity index is 1170. The number of aromatic nitrogens is 2. The Balaban J connectivity index is 1.32. The minimum atomic E-state index is -3.40. The van der Waals surface area contributed by atoms with Crippen LogP contribution in [-0.4, -0.2) is 65.0 Å². The fourth-order valence-electron chi connectivity index (χ4n) is 3.93. The van der Waals surface area contributed by atoms with Crippen molar-refractivity contribution >= 4 is 27.7 Å². The number of nitrogens with zero attached hydrogens (tertiary/aromatic N) is 4. The van der Waals surface area contributed by atoms with Crippen LogP contribution >= 0.6 is 11.8 Å². The maximum atomic E-state index is 12.8. The van der Waals surface area contributed by atoms with Crippen molar-refractivity contribution < 1.29 is 13.2 Å². The van der Waals surface area contributed by atoms with Gasteiger partial charge in [-0.15, -0.1) is 0 Å². The molecule has 1 saturated heterocycles. The molecular weight excluding hydrogens is 456 g/mol. The molecule has 9 heteroatoms. The van der Waals surface area contributed by atoms with Crippen molar-refractivity contribution in [2.75, 3.05) is 31.9 Å². The number of hydrogen-bond donors (Lipinski definition) is 0. The Morgan fingerprint density at radius 1 is 0.970 bits per heavy atom. The lowest BCUT2D eigenvalue weighted by Gasteiger charge is -2.34. The predicted octanol–water partition coefficient (Wildman–Crippen LogP) is 3.34. The minimum Gasteiger partial charge on any atom is -0.339 e. The summed E-state index contributed by atoms with van der Waals surface area (Å²) in [5, 5.41) is 0.814. The van der Waals surface area contributed by atoms with E-state index in [0.717, 1.165) is 28.5 Å². The predicted molar refractivity (Wildman–Crippen MR) is 131 cm³/mol. The summed E-state index contributed by atoms with van der Waals surface area (Å²) in [4.78, 5) is 19.1. The molecule has 3 aromatic rings. The van der Waals surface area contributed by atoms with Crippen LogP contribution in [0.4, 0.5) is 0 Å². The van der Waals surface area contributed by atoms with Crippen LogP contribution in [0.2, 0.25) is 0 Å². The van der Waals surface area contributed by atoms with Gasteiger partial charge in [-0.25, -0.2) is 13.4 Å². The van der Waals surface area contributed by atoms with Crippen LogP contribution < -0.4 is 0 Å². The van der Waals surface area contributed by atoms with Gasteiger partial charge < -0.3 is 9.47 Å². The molecule has 0 spiro atoms. The maximum Gasteiger partial charge on any atom is 0.233 e. The number of carbonyl (C=O) groups excluding carboxylic acids is 1. The third-order valence-electron chi connectivity index (χ3n) is 5.71. The number of amides is 1. The first-order valence-corrected chi connectivity index (χ1v) is 13.6. The highest BCUT2D eigenvalue weighted by Crippen LogP contribution is 2.26. The van der Waals surface area contributed by atoms with Gasteiger partial charge in [0.15, 0.2) is 5.16 Å². The van der Waals surface area contributed by atoms with Gasteiger partial charge in [-0.2, -0.15) is 4.31 Å². The molecule has 174 valence electrons. The van der Waals surface area contributed by atoms with Gasteiger partial charge in [0.25, 0.3) is 0 Å². The molecule has 0 aliphatic carbocycles. The van der Waals surface area contributed by atoms with Gasteiger partial charge in [0.2, 0.25) is 15.9 Å². The average Bonchev–Trinajstić information content (AvgIpc) is 3.26. The number of carbonyl (C=O) groups is 1. The molecule has 2 aromatic carbocycles. The zero-order chi connectivity index (χ0) is 23.3. The third kappa shape index (κ3) is 5.66. The summed E-state index contributed by atoms with van der Waals surface area (Å²) in [5.74, 6) is 0.273. The minimum absolute atomic E-state index is 0.00650. The first-order chi connectivity index (χ1) is 16.0. The van der Waals surface area contributed by atoms with E-state index in [4.69, 9.17) is 0 Å². The van der Waals surface area contributed by atoms with Gasteiger partial charge in [0, 0.05) is 32.7 Å². The van der Waals surface area contributed by atoms with Gasteiger partial charge in [-0.05, 0) is 18.1 Å². The largest absolute Gasteiger partial charge is 0.339 e. The van der Waals surface area contributed by atoms with Gasteiger partial charge in [0.1, 0.15) is 0 Å². The zero-order valence-electron chi connectivity index (χ0n) is 18.6. The number of hydrogen-bond acceptors (Lipinski definition) is 5. The number of piperazine rings is 1. The molecule has 2 heterocycles. The molecule has 4 rings (SSSR count). The molecule has 1 amide bonds. The van der Waals surface area contributed by atoms with Crippen molar-refractivity contribution in [2.24, 2.45) is 0 Å². The van der Waals surface area contributed by atoms with E-state index in [0.29, 0.717) is 26.2 Å². The quantitative estimate of drug-likeness (QED) is 0.459. The maximum absolute atomic E-state index is 12.8. The van der Waals surface area contributed by atoms with Crippen LogP contribution in [-0.2, 0) is 27.1 Å². The lowest BCUT2D eigenvalue weighted by atomic mass is 10.2. The number of sulfonamides is 1. The highest BCUT2D eigenvalue weighted by molar-refractivity contribution is 7.99. The Kier molecular flexibility index (Phi) is 7.52. The van der Waals surface area contributed by atoms with Gasteiger partial charge in [-0.3, -0.25) is 4.79 Å². The summed E-state index contributed by atoms with van der Waals surface area (Å²) in [6.45, 7) is 4.30. The summed E-state index contributed by atoms with van der Waals surface area (Å²) in [7, 11) is -3.40. The van der Waals surface area contributed by atoms with Crippen LogP contribution in [0.15, 0.2) is 72.0 Å². The van der Waals surface area contributed by atoms with Crippen molar-refractivity contribution in [2.45, 2.75) is 24.4 Å². The summed E-state index contributed by atoms with van der Waals surface area (Å²) in [6.07, 6.45) is 1.85. The molecule has 0 N–H and O–H groups in total. The van der Waals surface area contributed by atoms with Crippen LogP contribution in [0.3, 0.4) is 0 Å². The molecule has 1 aliphatic heterocycles. The van der Waals surface area contributed by atoms with E-state index < -0.39 is 10.0 Å². The standard InChI is InChI=1S/C24H28N4O3S2/c1-2-28-22(21-11-7-4-8-12-21)17-25-24(28)32-18-23(29)26-13-15-27(16-14-26)33(30,31)19-20-9-5-3-6-10-20/h3-12,17H,2,13-16,18-19H2,1H3. The van der Waals surface area contributed by atoms with E-state index in [1.54, 1.807) is 4.90 Å².